The highest BCUT2D eigenvalue weighted by Gasteiger charge is 1.98. The fourth-order valence-electron chi connectivity index (χ4n) is 0.788. The van der Waals surface area contributed by atoms with Crippen molar-refractivity contribution in [2.75, 3.05) is 0 Å². The number of hydrogen-bond acceptors (Lipinski definition) is 4. The van der Waals surface area contributed by atoms with Gasteiger partial charge in [0.25, 0.3) is 0 Å². The number of hydrogen-bond donors (Lipinski definition) is 4. The first-order valence-corrected chi connectivity index (χ1v) is 5.28. The van der Waals surface area contributed by atoms with E-state index in [1.165, 1.54) is 12.1 Å². The molecule has 0 aliphatic rings. The quantitative estimate of drug-likeness (QED) is 0.557. The van der Waals surface area contributed by atoms with E-state index in [9.17, 15) is 4.79 Å². The SMILES string of the molecule is O=C(O)Cc1ccc(O)cc1.O=S(=O)(O)O. The summed E-state index contributed by atoms with van der Waals surface area (Å²) in [6, 6.07) is 6.11. The highest BCUT2D eigenvalue weighted by atomic mass is 32.3. The average molecular weight is 250 g/mol. The van der Waals surface area contributed by atoms with Crippen molar-refractivity contribution in [2.45, 2.75) is 6.42 Å². The predicted molar refractivity (Wildman–Crippen MR) is 53.6 cm³/mol. The maximum atomic E-state index is 10.2. The Morgan fingerprint density at radius 1 is 1.12 bits per heavy atom. The van der Waals surface area contributed by atoms with Crippen LogP contribution in [0, 0.1) is 0 Å². The van der Waals surface area contributed by atoms with E-state index >= 15 is 0 Å². The molecule has 8 heteroatoms. The van der Waals surface area contributed by atoms with E-state index in [2.05, 4.69) is 0 Å². The van der Waals surface area contributed by atoms with Crippen molar-refractivity contribution in [2.24, 2.45) is 0 Å². The number of aromatic hydroxyl groups is 1. The molecule has 0 heterocycles. The van der Waals surface area contributed by atoms with Gasteiger partial charge >= 0.3 is 16.4 Å². The molecule has 4 N–H and O–H groups in total. The van der Waals surface area contributed by atoms with Crippen LogP contribution in [0.2, 0.25) is 0 Å². The average Bonchev–Trinajstić information content (AvgIpc) is 2.05. The lowest BCUT2D eigenvalue weighted by Crippen LogP contribution is -1.98. The largest absolute Gasteiger partial charge is 0.508 e. The number of phenols is 1. The van der Waals surface area contributed by atoms with Gasteiger partial charge in [-0.25, -0.2) is 0 Å². The van der Waals surface area contributed by atoms with Gasteiger partial charge in [0.1, 0.15) is 5.75 Å². The molecule has 0 bridgehead atoms. The van der Waals surface area contributed by atoms with Crippen LogP contribution in [0.15, 0.2) is 24.3 Å². The van der Waals surface area contributed by atoms with E-state index in [-0.39, 0.29) is 12.2 Å². The first-order chi connectivity index (χ1) is 7.18. The standard InChI is InChI=1S/C8H8O3.H2O4S/c9-7-3-1-6(2-4-7)5-8(10)11;1-5(2,3)4/h1-4,9H,5H2,(H,10,11);(H2,1,2,3,4). The van der Waals surface area contributed by atoms with Gasteiger partial charge in [-0.15, -0.1) is 0 Å². The van der Waals surface area contributed by atoms with Gasteiger partial charge in [-0.2, -0.15) is 8.42 Å². The molecule has 0 saturated carbocycles. The van der Waals surface area contributed by atoms with Crippen LogP contribution in [-0.4, -0.2) is 33.7 Å². The van der Waals surface area contributed by atoms with E-state index in [0.717, 1.165) is 0 Å². The Morgan fingerprint density at radius 2 is 1.50 bits per heavy atom. The molecule has 1 rings (SSSR count). The smallest absolute Gasteiger partial charge is 0.394 e. The second kappa shape index (κ2) is 6.05. The Balaban J connectivity index is 0.000000385. The lowest BCUT2D eigenvalue weighted by Gasteiger charge is -1.95. The van der Waals surface area contributed by atoms with E-state index in [4.69, 9.17) is 27.7 Å². The van der Waals surface area contributed by atoms with Crippen LogP contribution >= 0.6 is 0 Å². The minimum absolute atomic E-state index is 0.000278. The van der Waals surface area contributed by atoms with Crippen LogP contribution in [0.4, 0.5) is 0 Å². The summed E-state index contributed by atoms with van der Waals surface area (Å²) in [6.07, 6.45) is 0.000278. The monoisotopic (exact) mass is 250 g/mol. The zero-order chi connectivity index (χ0) is 12.8. The van der Waals surface area contributed by atoms with E-state index < -0.39 is 16.4 Å². The number of aliphatic carboxylic acids is 1. The second-order valence-corrected chi connectivity index (χ2v) is 3.58. The zero-order valence-electron chi connectivity index (χ0n) is 7.94. The molecule has 0 aromatic heterocycles. The fourth-order valence-corrected chi connectivity index (χ4v) is 0.788. The maximum absolute atomic E-state index is 10.2. The number of carboxylic acids is 1. The summed E-state index contributed by atoms with van der Waals surface area (Å²) in [4.78, 5) is 10.2. The maximum Gasteiger partial charge on any atom is 0.394 e. The summed E-state index contributed by atoms with van der Waals surface area (Å²) in [5.41, 5.74) is 0.690. The first-order valence-electron chi connectivity index (χ1n) is 3.88. The minimum Gasteiger partial charge on any atom is -0.508 e. The number of phenolic OH excluding ortho intramolecular Hbond substituents is 1. The Kier molecular flexibility index (Phi) is 5.43. The van der Waals surface area contributed by atoms with Gasteiger partial charge in [-0.3, -0.25) is 13.9 Å². The van der Waals surface area contributed by atoms with Gasteiger partial charge < -0.3 is 10.2 Å². The molecule has 0 atom stereocenters. The Labute approximate surface area is 91.5 Å². The third kappa shape index (κ3) is 10.4. The molecule has 0 radical (unpaired) electrons. The van der Waals surface area contributed by atoms with Crippen molar-refractivity contribution >= 4 is 16.4 Å². The molecule has 0 fully saturated rings. The molecule has 0 aliphatic carbocycles. The van der Waals surface area contributed by atoms with Crippen LogP contribution < -0.4 is 0 Å². The van der Waals surface area contributed by atoms with E-state index in [0.29, 0.717) is 5.56 Å². The molecule has 0 unspecified atom stereocenters. The molecule has 16 heavy (non-hydrogen) atoms. The summed E-state index contributed by atoms with van der Waals surface area (Å²) >= 11 is 0. The van der Waals surface area contributed by atoms with Gasteiger partial charge in [0, 0.05) is 0 Å². The summed E-state index contributed by atoms with van der Waals surface area (Å²) in [5, 5.41) is 17.2. The van der Waals surface area contributed by atoms with Crippen molar-refractivity contribution in [3.05, 3.63) is 29.8 Å². The van der Waals surface area contributed by atoms with Crippen molar-refractivity contribution in [1.82, 2.24) is 0 Å². The van der Waals surface area contributed by atoms with Crippen LogP contribution in [-0.2, 0) is 21.6 Å². The molecule has 0 aliphatic heterocycles. The highest BCUT2D eigenvalue weighted by molar-refractivity contribution is 7.79. The number of rotatable bonds is 2. The molecule has 0 amide bonds. The lowest BCUT2D eigenvalue weighted by atomic mass is 10.1. The molecule has 0 spiro atoms. The topological polar surface area (TPSA) is 132 Å². The fraction of sp³-hybridized carbons (Fsp3) is 0.125. The van der Waals surface area contributed by atoms with Crippen molar-refractivity contribution in [3.8, 4) is 5.75 Å². The molecule has 1 aromatic rings. The summed E-state index contributed by atoms with van der Waals surface area (Å²) in [7, 11) is -4.67. The number of carboxylic acid groups (broad SMARTS) is 1. The lowest BCUT2D eigenvalue weighted by molar-refractivity contribution is -0.136. The Morgan fingerprint density at radius 3 is 1.81 bits per heavy atom. The minimum atomic E-state index is -4.67. The van der Waals surface area contributed by atoms with Crippen LogP contribution in [0.1, 0.15) is 5.56 Å². The van der Waals surface area contributed by atoms with Crippen LogP contribution in [0.3, 0.4) is 0 Å². The van der Waals surface area contributed by atoms with Gasteiger partial charge in [-0.1, -0.05) is 12.1 Å². The number of carbonyl (C=O) groups is 1. The Hall–Kier alpha value is -1.64. The molecular formula is C8H10O7S. The molecule has 1 aromatic carbocycles. The summed E-state index contributed by atoms with van der Waals surface area (Å²) < 4.78 is 31.6. The number of benzene rings is 1. The normalized spacial score (nSPS) is 10.1. The molecule has 7 nitrogen and oxygen atoms in total. The molecular weight excluding hydrogens is 240 g/mol. The predicted octanol–water partition coefficient (Wildman–Crippen LogP) is 0.366. The van der Waals surface area contributed by atoms with Crippen LogP contribution in [0.25, 0.3) is 0 Å². The van der Waals surface area contributed by atoms with E-state index in [1.807, 2.05) is 0 Å². The van der Waals surface area contributed by atoms with Gasteiger partial charge in [0.2, 0.25) is 0 Å². The second-order valence-electron chi connectivity index (χ2n) is 2.68. The van der Waals surface area contributed by atoms with Crippen LogP contribution in [0.5, 0.6) is 5.75 Å². The summed E-state index contributed by atoms with van der Waals surface area (Å²) in [5.74, 6) is -0.713. The third-order valence-electron chi connectivity index (χ3n) is 1.29. The third-order valence-corrected chi connectivity index (χ3v) is 1.29. The van der Waals surface area contributed by atoms with E-state index in [1.54, 1.807) is 12.1 Å². The van der Waals surface area contributed by atoms with Gasteiger partial charge in [-0.05, 0) is 17.7 Å². The summed E-state index contributed by atoms with van der Waals surface area (Å²) in [6.45, 7) is 0. The zero-order valence-corrected chi connectivity index (χ0v) is 8.75. The molecule has 0 saturated heterocycles. The van der Waals surface area contributed by atoms with Crippen molar-refractivity contribution < 1.29 is 32.5 Å². The first kappa shape index (κ1) is 14.4. The van der Waals surface area contributed by atoms with Gasteiger partial charge in [0.15, 0.2) is 0 Å². The van der Waals surface area contributed by atoms with Crippen molar-refractivity contribution in [1.29, 1.82) is 0 Å². The molecule has 90 valence electrons. The van der Waals surface area contributed by atoms with Gasteiger partial charge in [0.05, 0.1) is 6.42 Å². The highest BCUT2D eigenvalue weighted by Crippen LogP contribution is 2.09. The van der Waals surface area contributed by atoms with Crippen molar-refractivity contribution in [3.63, 3.8) is 0 Å². The Bertz CT molecular complexity index is 426.